The van der Waals surface area contributed by atoms with Crippen LogP contribution in [0.15, 0.2) is 24.3 Å². The van der Waals surface area contributed by atoms with Crippen molar-refractivity contribution in [3.8, 4) is 0 Å². The van der Waals surface area contributed by atoms with Crippen LogP contribution in [0.5, 0.6) is 0 Å². The number of esters is 3. The van der Waals surface area contributed by atoms with Crippen LogP contribution >= 0.6 is 0 Å². The zero-order chi connectivity index (χ0) is 53.6. The fourth-order valence-electron chi connectivity index (χ4n) is 10.2. The summed E-state index contributed by atoms with van der Waals surface area (Å²) in [6.07, 6.45) is 76.2. The van der Waals surface area contributed by atoms with Crippen molar-refractivity contribution in [2.24, 2.45) is 0 Å². The maximum Gasteiger partial charge on any atom is 0.306 e. The number of hydrogen-bond acceptors (Lipinski definition) is 6. The van der Waals surface area contributed by atoms with Crippen molar-refractivity contribution in [3.63, 3.8) is 0 Å². The smallest absolute Gasteiger partial charge is 0.306 e. The number of unbranched alkanes of at least 4 members (excludes halogenated alkanes) is 47. The molecule has 0 fully saturated rings. The molecule has 6 heteroatoms. The van der Waals surface area contributed by atoms with E-state index in [-0.39, 0.29) is 31.1 Å². The normalized spacial score (nSPS) is 12.1. The number of allylic oxidation sites excluding steroid dienone is 4. The van der Waals surface area contributed by atoms with Gasteiger partial charge < -0.3 is 14.2 Å². The number of hydrogen-bond donors (Lipinski definition) is 0. The van der Waals surface area contributed by atoms with Crippen LogP contribution < -0.4 is 0 Å². The van der Waals surface area contributed by atoms with Crippen molar-refractivity contribution in [1.82, 2.24) is 0 Å². The van der Waals surface area contributed by atoms with E-state index in [0.717, 1.165) is 64.2 Å². The van der Waals surface area contributed by atoms with E-state index in [1.165, 1.54) is 270 Å². The Kier molecular flexibility index (Phi) is 61.6. The minimum absolute atomic E-state index is 0.0644. The largest absolute Gasteiger partial charge is 0.462 e. The fourth-order valence-corrected chi connectivity index (χ4v) is 10.2. The molecule has 0 aliphatic rings. The Labute approximate surface area is 462 Å². The summed E-state index contributed by atoms with van der Waals surface area (Å²) in [7, 11) is 0. The molecular weight excluding hydrogens is 913 g/mol. The first kappa shape index (κ1) is 71.9. The highest BCUT2D eigenvalue weighted by Gasteiger charge is 2.19. The molecule has 0 radical (unpaired) electrons. The van der Waals surface area contributed by atoms with E-state index in [0.29, 0.717) is 19.3 Å². The lowest BCUT2D eigenvalue weighted by atomic mass is 10.0. The molecule has 436 valence electrons. The molecular formula is C68H128O6. The van der Waals surface area contributed by atoms with E-state index >= 15 is 0 Å². The van der Waals surface area contributed by atoms with Gasteiger partial charge in [-0.15, -0.1) is 0 Å². The van der Waals surface area contributed by atoms with Crippen LogP contribution in [-0.2, 0) is 28.6 Å². The van der Waals surface area contributed by atoms with Gasteiger partial charge in [0.15, 0.2) is 6.10 Å². The third-order valence-electron chi connectivity index (χ3n) is 15.2. The van der Waals surface area contributed by atoms with E-state index in [1.807, 2.05) is 0 Å². The maximum absolute atomic E-state index is 12.9. The SMILES string of the molecule is CCCCCCC/C=C\C/C=C\CCCCCCCCCCCCCCCC(=O)OCC(COC(=O)CCCCCCCCCCCCCCC)OC(=O)CCCCCCCCCCCCCCCCCCCC. The predicted molar refractivity (Wildman–Crippen MR) is 321 cm³/mol. The highest BCUT2D eigenvalue weighted by molar-refractivity contribution is 5.71. The zero-order valence-electron chi connectivity index (χ0n) is 50.1. The van der Waals surface area contributed by atoms with E-state index in [9.17, 15) is 14.4 Å². The molecule has 0 amide bonds. The number of ether oxygens (including phenoxy) is 3. The summed E-state index contributed by atoms with van der Waals surface area (Å²) >= 11 is 0. The number of rotatable bonds is 62. The fraction of sp³-hybridized carbons (Fsp3) is 0.897. The van der Waals surface area contributed by atoms with Gasteiger partial charge in [0.1, 0.15) is 13.2 Å². The van der Waals surface area contributed by atoms with Crippen molar-refractivity contribution in [2.45, 2.75) is 380 Å². The van der Waals surface area contributed by atoms with Crippen molar-refractivity contribution in [1.29, 1.82) is 0 Å². The summed E-state index contributed by atoms with van der Waals surface area (Å²) in [4.78, 5) is 38.3. The molecule has 0 aliphatic heterocycles. The lowest BCUT2D eigenvalue weighted by molar-refractivity contribution is -0.167. The molecule has 0 spiro atoms. The first-order valence-electron chi connectivity index (χ1n) is 33.3. The Morgan fingerprint density at radius 2 is 0.486 bits per heavy atom. The van der Waals surface area contributed by atoms with Crippen LogP contribution in [0.25, 0.3) is 0 Å². The van der Waals surface area contributed by atoms with Gasteiger partial charge in [-0.25, -0.2) is 0 Å². The first-order valence-corrected chi connectivity index (χ1v) is 33.3. The van der Waals surface area contributed by atoms with Crippen LogP contribution in [0.4, 0.5) is 0 Å². The van der Waals surface area contributed by atoms with Gasteiger partial charge in [0.2, 0.25) is 0 Å². The summed E-state index contributed by atoms with van der Waals surface area (Å²) in [5, 5.41) is 0. The minimum Gasteiger partial charge on any atom is -0.462 e. The summed E-state index contributed by atoms with van der Waals surface area (Å²) in [6, 6.07) is 0. The summed E-state index contributed by atoms with van der Waals surface area (Å²) in [5.74, 6) is -0.835. The topological polar surface area (TPSA) is 78.9 Å². The van der Waals surface area contributed by atoms with Gasteiger partial charge >= 0.3 is 17.9 Å². The van der Waals surface area contributed by atoms with Crippen molar-refractivity contribution in [2.75, 3.05) is 13.2 Å². The molecule has 1 unspecified atom stereocenters. The Balaban J connectivity index is 4.23. The second-order valence-corrected chi connectivity index (χ2v) is 22.7. The molecule has 0 saturated carbocycles. The third-order valence-corrected chi connectivity index (χ3v) is 15.2. The summed E-state index contributed by atoms with van der Waals surface area (Å²) < 4.78 is 17.0. The third kappa shape index (κ3) is 60.8. The summed E-state index contributed by atoms with van der Waals surface area (Å²) in [6.45, 7) is 6.70. The monoisotopic (exact) mass is 1040 g/mol. The van der Waals surface area contributed by atoms with Crippen LogP contribution in [-0.4, -0.2) is 37.2 Å². The van der Waals surface area contributed by atoms with Crippen LogP contribution in [0.3, 0.4) is 0 Å². The molecule has 0 heterocycles. The highest BCUT2D eigenvalue weighted by atomic mass is 16.6. The molecule has 6 nitrogen and oxygen atoms in total. The average Bonchev–Trinajstić information content (AvgIpc) is 3.40. The Hall–Kier alpha value is -2.11. The van der Waals surface area contributed by atoms with Gasteiger partial charge in [-0.05, 0) is 51.4 Å². The van der Waals surface area contributed by atoms with E-state index in [1.54, 1.807) is 0 Å². The number of carbonyl (C=O) groups excluding carboxylic acids is 3. The molecule has 0 rings (SSSR count). The van der Waals surface area contributed by atoms with E-state index in [4.69, 9.17) is 14.2 Å². The first-order chi connectivity index (χ1) is 36.5. The van der Waals surface area contributed by atoms with Crippen molar-refractivity contribution >= 4 is 17.9 Å². The second-order valence-electron chi connectivity index (χ2n) is 22.7. The lowest BCUT2D eigenvalue weighted by Crippen LogP contribution is -2.30. The quantitative estimate of drug-likeness (QED) is 0.0261. The summed E-state index contributed by atoms with van der Waals surface area (Å²) in [5.41, 5.74) is 0. The van der Waals surface area contributed by atoms with Gasteiger partial charge in [-0.1, -0.05) is 328 Å². The van der Waals surface area contributed by atoms with Gasteiger partial charge in [0.25, 0.3) is 0 Å². The molecule has 74 heavy (non-hydrogen) atoms. The number of carbonyl (C=O) groups is 3. The Morgan fingerprint density at radius 1 is 0.270 bits per heavy atom. The molecule has 0 aliphatic carbocycles. The molecule has 0 aromatic heterocycles. The average molecular weight is 1040 g/mol. The highest BCUT2D eigenvalue weighted by Crippen LogP contribution is 2.18. The van der Waals surface area contributed by atoms with Crippen molar-refractivity contribution < 1.29 is 28.6 Å². The zero-order valence-corrected chi connectivity index (χ0v) is 50.1. The van der Waals surface area contributed by atoms with E-state index < -0.39 is 6.10 Å². The molecule has 0 saturated heterocycles. The van der Waals surface area contributed by atoms with Gasteiger partial charge in [0.05, 0.1) is 0 Å². The van der Waals surface area contributed by atoms with Crippen molar-refractivity contribution in [3.05, 3.63) is 24.3 Å². The van der Waals surface area contributed by atoms with Gasteiger partial charge in [-0.2, -0.15) is 0 Å². The van der Waals surface area contributed by atoms with Crippen LogP contribution in [0, 0.1) is 0 Å². The maximum atomic E-state index is 12.9. The Bertz CT molecular complexity index is 1190. The second kappa shape index (κ2) is 63.4. The Morgan fingerprint density at radius 3 is 0.743 bits per heavy atom. The lowest BCUT2D eigenvalue weighted by Gasteiger charge is -2.18. The van der Waals surface area contributed by atoms with E-state index in [2.05, 4.69) is 45.1 Å². The molecule has 1 atom stereocenters. The minimum atomic E-state index is -0.767. The predicted octanol–water partition coefficient (Wildman–Crippen LogP) is 22.6. The molecule has 0 aromatic carbocycles. The molecule has 0 aromatic rings. The molecule has 0 bridgehead atoms. The standard InChI is InChI=1S/C68H128O6/c1-4-7-10-13-16-19-22-25-27-29-31-32-33-34-35-36-37-39-40-43-46-49-52-55-58-61-67(70)73-64-65(63-72-66(69)60-57-54-51-48-45-42-24-21-18-15-12-9-6-3)74-68(71)62-59-56-53-50-47-44-41-38-30-28-26-23-20-17-14-11-8-5-2/h22,25,29,31,65H,4-21,23-24,26-28,30,32-64H2,1-3H3/b25-22-,31-29-. The van der Waals surface area contributed by atoms with Gasteiger partial charge in [-0.3, -0.25) is 14.4 Å². The van der Waals surface area contributed by atoms with Gasteiger partial charge in [0, 0.05) is 19.3 Å². The van der Waals surface area contributed by atoms with Crippen LogP contribution in [0.1, 0.15) is 374 Å². The molecule has 0 N–H and O–H groups in total. The van der Waals surface area contributed by atoms with Crippen LogP contribution in [0.2, 0.25) is 0 Å².